The Hall–Kier alpha value is -2.62. The van der Waals surface area contributed by atoms with Crippen molar-refractivity contribution in [2.75, 3.05) is 16.8 Å². The maximum atomic E-state index is 12.2. The van der Waals surface area contributed by atoms with Gasteiger partial charge in [-0.3, -0.25) is 9.59 Å². The molecule has 0 aliphatic carbocycles. The summed E-state index contributed by atoms with van der Waals surface area (Å²) >= 11 is 0. The summed E-state index contributed by atoms with van der Waals surface area (Å²) in [5.74, 6) is 0.183. The average molecular weight is 322 g/mol. The summed E-state index contributed by atoms with van der Waals surface area (Å²) in [7, 11) is 0. The van der Waals surface area contributed by atoms with Crippen molar-refractivity contribution in [2.24, 2.45) is 0 Å². The molecule has 3 rings (SSSR count). The first-order valence-corrected chi connectivity index (χ1v) is 8.44. The first-order chi connectivity index (χ1) is 11.7. The number of amides is 2. The number of anilines is 2. The Bertz CT molecular complexity index is 741. The molecule has 2 aromatic carbocycles. The van der Waals surface area contributed by atoms with Gasteiger partial charge in [0.1, 0.15) is 0 Å². The quantitative estimate of drug-likeness (QED) is 0.915. The number of benzene rings is 2. The largest absolute Gasteiger partial charge is 0.326 e. The van der Waals surface area contributed by atoms with Gasteiger partial charge in [-0.15, -0.1) is 0 Å². The predicted octanol–water partition coefficient (Wildman–Crippen LogP) is 3.56. The molecule has 4 heteroatoms. The number of hydrogen-bond acceptors (Lipinski definition) is 2. The van der Waals surface area contributed by atoms with Crippen LogP contribution in [-0.2, 0) is 22.4 Å². The third-order valence-corrected chi connectivity index (χ3v) is 4.36. The predicted molar refractivity (Wildman–Crippen MR) is 96.2 cm³/mol. The molecule has 0 radical (unpaired) electrons. The lowest BCUT2D eigenvalue weighted by Gasteiger charge is -2.28. The van der Waals surface area contributed by atoms with Crippen molar-refractivity contribution in [3.63, 3.8) is 0 Å². The van der Waals surface area contributed by atoms with Gasteiger partial charge in [0.05, 0.1) is 0 Å². The van der Waals surface area contributed by atoms with E-state index in [1.165, 1.54) is 0 Å². The number of carbonyl (C=O) groups excluding carboxylic acids is 2. The Morgan fingerprint density at radius 1 is 1.12 bits per heavy atom. The molecule has 0 fully saturated rings. The van der Waals surface area contributed by atoms with E-state index in [0.29, 0.717) is 19.4 Å². The first kappa shape index (κ1) is 16.2. The van der Waals surface area contributed by atoms with E-state index in [-0.39, 0.29) is 11.8 Å². The van der Waals surface area contributed by atoms with Gasteiger partial charge in [-0.25, -0.2) is 0 Å². The van der Waals surface area contributed by atoms with Gasteiger partial charge in [-0.1, -0.05) is 30.3 Å². The highest BCUT2D eigenvalue weighted by atomic mass is 16.2. The summed E-state index contributed by atoms with van der Waals surface area (Å²) in [5, 5.41) is 2.96. The molecule has 2 amide bonds. The minimum Gasteiger partial charge on any atom is -0.326 e. The van der Waals surface area contributed by atoms with Crippen molar-refractivity contribution in [1.29, 1.82) is 0 Å². The van der Waals surface area contributed by atoms with Crippen LogP contribution in [0, 0.1) is 0 Å². The normalized spacial score (nSPS) is 13.5. The Morgan fingerprint density at radius 2 is 1.92 bits per heavy atom. The molecule has 4 nitrogen and oxygen atoms in total. The summed E-state index contributed by atoms with van der Waals surface area (Å²) in [6, 6.07) is 15.8. The van der Waals surface area contributed by atoms with E-state index >= 15 is 0 Å². The lowest BCUT2D eigenvalue weighted by Crippen LogP contribution is -2.34. The van der Waals surface area contributed by atoms with E-state index < -0.39 is 0 Å². The lowest BCUT2D eigenvalue weighted by atomic mass is 10.0. The topological polar surface area (TPSA) is 49.4 Å². The van der Waals surface area contributed by atoms with E-state index in [4.69, 9.17) is 0 Å². The van der Waals surface area contributed by atoms with Gasteiger partial charge in [-0.2, -0.15) is 0 Å². The van der Waals surface area contributed by atoms with Gasteiger partial charge >= 0.3 is 0 Å². The molecule has 1 aliphatic heterocycles. The number of nitrogens with zero attached hydrogens (tertiary/aromatic N) is 1. The van der Waals surface area contributed by atoms with Crippen LogP contribution in [0.1, 0.15) is 30.9 Å². The molecule has 0 bridgehead atoms. The lowest BCUT2D eigenvalue weighted by molar-refractivity contribution is -0.119. The monoisotopic (exact) mass is 322 g/mol. The van der Waals surface area contributed by atoms with Crippen molar-refractivity contribution >= 4 is 23.2 Å². The fourth-order valence-electron chi connectivity index (χ4n) is 3.11. The molecule has 1 aliphatic rings. The standard InChI is InChI=1S/C20H22N2O2/c1-2-22-18-11-10-17(14-16(18)9-13-20(22)24)21-19(23)12-8-15-6-4-3-5-7-15/h3-7,10-11,14H,2,8-9,12-13H2,1H3,(H,21,23). The van der Waals surface area contributed by atoms with Crippen LogP contribution in [0.15, 0.2) is 48.5 Å². The Morgan fingerprint density at radius 3 is 2.67 bits per heavy atom. The smallest absolute Gasteiger partial charge is 0.227 e. The van der Waals surface area contributed by atoms with E-state index in [2.05, 4.69) is 5.32 Å². The van der Waals surface area contributed by atoms with Gasteiger partial charge in [0.25, 0.3) is 0 Å². The van der Waals surface area contributed by atoms with Crippen LogP contribution < -0.4 is 10.2 Å². The first-order valence-electron chi connectivity index (χ1n) is 8.44. The molecule has 24 heavy (non-hydrogen) atoms. The fourth-order valence-corrected chi connectivity index (χ4v) is 3.11. The number of aryl methyl sites for hydroxylation is 2. The summed E-state index contributed by atoms with van der Waals surface area (Å²) < 4.78 is 0. The van der Waals surface area contributed by atoms with E-state index in [9.17, 15) is 9.59 Å². The zero-order valence-electron chi connectivity index (χ0n) is 13.9. The zero-order chi connectivity index (χ0) is 16.9. The second kappa shape index (κ2) is 7.30. The van der Waals surface area contributed by atoms with E-state index in [1.54, 1.807) is 4.90 Å². The van der Waals surface area contributed by atoms with Gasteiger partial charge in [-0.05, 0) is 49.1 Å². The van der Waals surface area contributed by atoms with Crippen molar-refractivity contribution in [1.82, 2.24) is 0 Å². The van der Waals surface area contributed by atoms with Crippen LogP contribution >= 0.6 is 0 Å². The third kappa shape index (κ3) is 3.65. The molecule has 0 unspecified atom stereocenters. The summed E-state index contributed by atoms with van der Waals surface area (Å²) in [5.41, 5.74) is 4.06. The maximum Gasteiger partial charge on any atom is 0.227 e. The molecule has 0 spiro atoms. The van der Waals surface area contributed by atoms with E-state index in [0.717, 1.165) is 35.3 Å². The van der Waals surface area contributed by atoms with Crippen molar-refractivity contribution in [2.45, 2.75) is 32.6 Å². The highest BCUT2D eigenvalue weighted by molar-refractivity contribution is 5.97. The van der Waals surface area contributed by atoms with Gasteiger partial charge < -0.3 is 10.2 Å². The number of rotatable bonds is 5. The highest BCUT2D eigenvalue weighted by Crippen LogP contribution is 2.30. The van der Waals surface area contributed by atoms with Gasteiger partial charge in [0.15, 0.2) is 0 Å². The Labute approximate surface area is 142 Å². The average Bonchev–Trinajstić information content (AvgIpc) is 2.61. The zero-order valence-corrected chi connectivity index (χ0v) is 13.9. The Kier molecular flexibility index (Phi) is 4.94. The molecule has 2 aromatic rings. The van der Waals surface area contributed by atoms with Crippen LogP contribution in [-0.4, -0.2) is 18.4 Å². The van der Waals surface area contributed by atoms with Crippen LogP contribution in [0.2, 0.25) is 0 Å². The van der Waals surface area contributed by atoms with Crippen LogP contribution in [0.3, 0.4) is 0 Å². The number of hydrogen-bond donors (Lipinski definition) is 1. The summed E-state index contributed by atoms with van der Waals surface area (Å²) in [6.07, 6.45) is 2.46. The van der Waals surface area contributed by atoms with Crippen LogP contribution in [0.4, 0.5) is 11.4 Å². The molecule has 0 aromatic heterocycles. The molecular weight excluding hydrogens is 300 g/mol. The van der Waals surface area contributed by atoms with Crippen LogP contribution in [0.5, 0.6) is 0 Å². The van der Waals surface area contributed by atoms with Gasteiger partial charge in [0, 0.05) is 30.8 Å². The fraction of sp³-hybridized carbons (Fsp3) is 0.300. The molecule has 1 N–H and O–H groups in total. The minimum absolute atomic E-state index is 0.0121. The number of nitrogens with one attached hydrogen (secondary N) is 1. The minimum atomic E-state index is 0.0121. The molecule has 0 saturated heterocycles. The summed E-state index contributed by atoms with van der Waals surface area (Å²) in [6.45, 7) is 2.65. The SMILES string of the molecule is CCN1C(=O)CCc2cc(NC(=O)CCc3ccccc3)ccc21. The van der Waals surface area contributed by atoms with Crippen molar-refractivity contribution in [3.05, 3.63) is 59.7 Å². The van der Waals surface area contributed by atoms with Crippen molar-refractivity contribution < 1.29 is 9.59 Å². The third-order valence-electron chi connectivity index (χ3n) is 4.36. The second-order valence-corrected chi connectivity index (χ2v) is 6.02. The molecular formula is C20H22N2O2. The molecule has 0 saturated carbocycles. The van der Waals surface area contributed by atoms with Crippen molar-refractivity contribution in [3.8, 4) is 0 Å². The maximum absolute atomic E-state index is 12.2. The number of carbonyl (C=O) groups is 2. The van der Waals surface area contributed by atoms with Gasteiger partial charge in [0.2, 0.25) is 11.8 Å². The molecule has 1 heterocycles. The summed E-state index contributed by atoms with van der Waals surface area (Å²) in [4.78, 5) is 25.9. The van der Waals surface area contributed by atoms with Crippen LogP contribution in [0.25, 0.3) is 0 Å². The highest BCUT2D eigenvalue weighted by Gasteiger charge is 2.22. The van der Waals surface area contributed by atoms with E-state index in [1.807, 2.05) is 55.5 Å². The number of fused-ring (bicyclic) bond motifs is 1. The second-order valence-electron chi connectivity index (χ2n) is 6.02. The Balaban J connectivity index is 1.64. The molecule has 124 valence electrons. The molecule has 0 atom stereocenters.